The van der Waals surface area contributed by atoms with E-state index in [0.717, 1.165) is 59.2 Å². The molecule has 28 heteroatoms. The van der Waals surface area contributed by atoms with Crippen LogP contribution in [0.4, 0.5) is 119 Å². The summed E-state index contributed by atoms with van der Waals surface area (Å²) in [6.45, 7) is 0. The van der Waals surface area contributed by atoms with Gasteiger partial charge in [0.15, 0.2) is 0 Å². The van der Waals surface area contributed by atoms with Crippen LogP contribution < -0.4 is 0 Å². The molecule has 0 saturated heterocycles. The van der Waals surface area contributed by atoms with E-state index >= 15 is 0 Å². The molecule has 91 heavy (non-hydrogen) atoms. The first-order chi connectivity index (χ1) is 41.8. The average molecular weight is 1310 g/mol. The molecule has 0 aliphatic heterocycles. The van der Waals surface area contributed by atoms with Crippen molar-refractivity contribution in [2.45, 2.75) is 55.6 Å². The minimum atomic E-state index is -5.75. The standard InChI is InChI=1S/C63H28F27N/c64-55(65,66)39-7-1-2-16-50(39)91-48-19-17-29(31-21-33(51-40(56(67,68)69)8-3-9-41(51)57(70,71)72)25-34(22-31)52-42(58(73,74)75)10-4-11-43(52)59(76,77)78)27-37(48)38-28-30(18-20-49(38)91)32-23-35(53-44(60(79,80)81)12-5-13-45(53)61(82,83)84)26-36(24-32)54-46(62(85,86)87)14-6-15-47(54)63(88,89)90/h1-28H. The van der Waals surface area contributed by atoms with E-state index in [1.807, 2.05) is 0 Å². The number of rotatable bonds is 7. The number of hydrogen-bond donors (Lipinski definition) is 0. The number of halogens is 27. The summed E-state index contributed by atoms with van der Waals surface area (Å²) in [6.07, 6.45) is -51.2. The third-order valence-electron chi connectivity index (χ3n) is 14.6. The van der Waals surface area contributed by atoms with Gasteiger partial charge in [-0.3, -0.25) is 0 Å². The fraction of sp³-hybridized carbons (Fsp3) is 0.143. The Balaban J connectivity index is 1.36. The molecule has 0 N–H and O–H groups in total. The lowest BCUT2D eigenvalue weighted by molar-refractivity contribution is -0.143. The van der Waals surface area contributed by atoms with Crippen molar-refractivity contribution in [3.05, 3.63) is 220 Å². The highest BCUT2D eigenvalue weighted by Crippen LogP contribution is 2.53. The van der Waals surface area contributed by atoms with E-state index in [4.69, 9.17) is 0 Å². The van der Waals surface area contributed by atoms with Gasteiger partial charge >= 0.3 is 55.6 Å². The second kappa shape index (κ2) is 21.8. The van der Waals surface area contributed by atoms with Crippen LogP contribution in [0.3, 0.4) is 0 Å². The van der Waals surface area contributed by atoms with Crippen molar-refractivity contribution in [1.29, 1.82) is 0 Å². The molecule has 0 saturated carbocycles. The number of aromatic nitrogens is 1. The summed E-state index contributed by atoms with van der Waals surface area (Å²) >= 11 is 0. The molecule has 0 radical (unpaired) electrons. The zero-order valence-corrected chi connectivity index (χ0v) is 44.3. The van der Waals surface area contributed by atoms with Crippen molar-refractivity contribution in [2.24, 2.45) is 0 Å². The summed E-state index contributed by atoms with van der Waals surface area (Å²) < 4.78 is 403. The lowest BCUT2D eigenvalue weighted by Crippen LogP contribution is -2.15. The molecular weight excluding hydrogens is 1280 g/mol. The summed E-state index contributed by atoms with van der Waals surface area (Å²) in [4.78, 5) is 0. The van der Waals surface area contributed by atoms with Crippen molar-refractivity contribution in [3.63, 3.8) is 0 Å². The van der Waals surface area contributed by atoms with Gasteiger partial charge in [-0.1, -0.05) is 48.5 Å². The zero-order chi connectivity index (χ0) is 66.9. The van der Waals surface area contributed by atoms with Crippen LogP contribution in [-0.4, -0.2) is 4.57 Å². The van der Waals surface area contributed by atoms with Gasteiger partial charge in [-0.05, 0) is 166 Å². The Kier molecular flexibility index (Phi) is 15.5. The molecule has 0 bridgehead atoms. The molecule has 0 aliphatic rings. The molecule has 0 amide bonds. The first kappa shape index (κ1) is 64.9. The second-order valence-electron chi connectivity index (χ2n) is 20.3. The molecule has 474 valence electrons. The second-order valence-corrected chi connectivity index (χ2v) is 20.3. The molecule has 1 nitrogen and oxygen atoms in total. The van der Waals surface area contributed by atoms with Crippen LogP contribution in [0.2, 0.25) is 0 Å². The maximum Gasteiger partial charge on any atom is 0.418 e. The highest BCUT2D eigenvalue weighted by atomic mass is 19.4. The van der Waals surface area contributed by atoms with Crippen molar-refractivity contribution in [1.82, 2.24) is 4.57 Å². The number of benzene rings is 9. The largest absolute Gasteiger partial charge is 0.418 e. The van der Waals surface area contributed by atoms with Crippen molar-refractivity contribution >= 4 is 21.8 Å². The molecule has 9 aromatic carbocycles. The fourth-order valence-corrected chi connectivity index (χ4v) is 11.1. The normalized spacial score (nSPS) is 13.4. The lowest BCUT2D eigenvalue weighted by Gasteiger charge is -2.23. The van der Waals surface area contributed by atoms with E-state index in [9.17, 15) is 119 Å². The van der Waals surface area contributed by atoms with Crippen molar-refractivity contribution < 1.29 is 119 Å². The molecule has 10 rings (SSSR count). The highest BCUT2D eigenvalue weighted by Gasteiger charge is 2.47. The monoisotopic (exact) mass is 1310 g/mol. The SMILES string of the molecule is FC(F)(F)c1ccccc1-n1c2ccc(-c3cc(-c4c(C(F)(F)F)cccc4C(F)(F)F)cc(-c4c(C(F)(F)F)cccc4C(F)(F)F)c3)cc2c2cc(-c3cc(-c4c(C(F)(F)F)cccc4C(F)(F)F)cc(-c4c(C(F)(F)F)cccc4C(F)(F)F)c3)ccc21. The van der Waals surface area contributed by atoms with Crippen molar-refractivity contribution in [2.75, 3.05) is 0 Å². The Morgan fingerprint density at radius 2 is 0.396 bits per heavy atom. The van der Waals surface area contributed by atoms with Gasteiger partial charge in [0.1, 0.15) is 0 Å². The molecule has 0 spiro atoms. The van der Waals surface area contributed by atoms with Crippen LogP contribution in [0.1, 0.15) is 50.1 Å². The van der Waals surface area contributed by atoms with E-state index in [2.05, 4.69) is 0 Å². The van der Waals surface area contributed by atoms with Gasteiger partial charge in [0, 0.05) is 33.0 Å². The van der Waals surface area contributed by atoms with Gasteiger partial charge in [0.05, 0.1) is 66.8 Å². The topological polar surface area (TPSA) is 4.93 Å². The summed E-state index contributed by atoms with van der Waals surface area (Å²) in [5.41, 5.74) is -35.2. The Morgan fingerprint density at radius 3 is 0.626 bits per heavy atom. The quantitative estimate of drug-likeness (QED) is 0.140. The average Bonchev–Trinajstić information content (AvgIpc) is 1.70. The first-order valence-corrected chi connectivity index (χ1v) is 25.5. The van der Waals surface area contributed by atoms with E-state index in [1.54, 1.807) is 0 Å². The van der Waals surface area contributed by atoms with E-state index in [1.165, 1.54) is 0 Å². The van der Waals surface area contributed by atoms with Gasteiger partial charge in [-0.15, -0.1) is 0 Å². The van der Waals surface area contributed by atoms with Gasteiger partial charge in [0.2, 0.25) is 0 Å². The number of fused-ring (bicyclic) bond motifs is 3. The maximum atomic E-state index is 15.0. The van der Waals surface area contributed by atoms with E-state index < -0.39 is 200 Å². The van der Waals surface area contributed by atoms with Gasteiger partial charge in [0.25, 0.3) is 0 Å². The number of hydrogen-bond acceptors (Lipinski definition) is 0. The van der Waals surface area contributed by atoms with Crippen LogP contribution in [-0.2, 0) is 55.6 Å². The minimum Gasteiger partial charge on any atom is -0.309 e. The smallest absolute Gasteiger partial charge is 0.309 e. The Morgan fingerprint density at radius 1 is 0.187 bits per heavy atom. The third kappa shape index (κ3) is 12.4. The van der Waals surface area contributed by atoms with Crippen LogP contribution >= 0.6 is 0 Å². The Bertz CT molecular complexity index is 3920. The number of alkyl halides is 27. The molecule has 0 unspecified atom stereocenters. The summed E-state index contributed by atoms with van der Waals surface area (Å²) in [7, 11) is 0. The van der Waals surface area contributed by atoms with Crippen LogP contribution in [0, 0.1) is 0 Å². The molecule has 0 atom stereocenters. The molecule has 0 fully saturated rings. The van der Waals surface area contributed by atoms with Gasteiger partial charge < -0.3 is 4.57 Å². The van der Waals surface area contributed by atoms with E-state index in [0.29, 0.717) is 54.6 Å². The summed E-state index contributed by atoms with van der Waals surface area (Å²) in [5.74, 6) is 0. The van der Waals surface area contributed by atoms with Crippen LogP contribution in [0.25, 0.3) is 94.3 Å². The van der Waals surface area contributed by atoms with Gasteiger partial charge in [-0.2, -0.15) is 119 Å². The molecule has 1 heterocycles. The molecule has 1 aromatic heterocycles. The maximum absolute atomic E-state index is 15.0. The van der Waals surface area contributed by atoms with Crippen LogP contribution in [0.15, 0.2) is 170 Å². The minimum absolute atomic E-state index is 0.117. The predicted molar refractivity (Wildman–Crippen MR) is 278 cm³/mol. The first-order valence-electron chi connectivity index (χ1n) is 25.5. The predicted octanol–water partition coefficient (Wildman–Crippen LogP) is 24.0. The fourth-order valence-electron chi connectivity index (χ4n) is 11.1. The number of nitrogens with zero attached hydrogens (tertiary/aromatic N) is 1. The summed E-state index contributed by atoms with van der Waals surface area (Å²) in [6, 6.07) is 13.3. The Labute approximate surface area is 491 Å². The van der Waals surface area contributed by atoms with Crippen LogP contribution in [0.5, 0.6) is 0 Å². The number of para-hydroxylation sites is 1. The third-order valence-corrected chi connectivity index (χ3v) is 14.6. The molecule has 0 aliphatic carbocycles. The molecular formula is C63H28F27N. The molecule has 10 aromatic rings. The lowest BCUT2D eigenvalue weighted by atomic mass is 9.86. The zero-order valence-electron chi connectivity index (χ0n) is 44.3. The Hall–Kier alpha value is -9.11. The van der Waals surface area contributed by atoms with E-state index in [-0.39, 0.29) is 60.7 Å². The van der Waals surface area contributed by atoms with Gasteiger partial charge in [-0.25, -0.2) is 0 Å². The highest BCUT2D eigenvalue weighted by molar-refractivity contribution is 6.12. The van der Waals surface area contributed by atoms with Crippen molar-refractivity contribution in [3.8, 4) is 72.4 Å². The summed E-state index contributed by atoms with van der Waals surface area (Å²) in [5, 5.41) is -0.895.